The first-order chi connectivity index (χ1) is 12.6. The summed E-state index contributed by atoms with van der Waals surface area (Å²) in [5, 5.41) is 2.90. The van der Waals surface area contributed by atoms with Gasteiger partial charge in [0.25, 0.3) is 0 Å². The molecule has 0 spiro atoms. The fourth-order valence-corrected chi connectivity index (χ4v) is 3.31. The summed E-state index contributed by atoms with van der Waals surface area (Å²) in [6.45, 7) is 2.09. The standard InChI is InChI=1S/C19H26FN3O3/c1-26-9-8-22(13-15-4-2-3-5-17(15)20)19(25)21-11-14-10-18(24)23(12-14)16-6-7-16/h2-5,14,16H,6-13H2,1H3,(H,21,25). The molecule has 0 aromatic heterocycles. The Bertz CT molecular complexity index is 651. The second-order valence-electron chi connectivity index (χ2n) is 7.04. The summed E-state index contributed by atoms with van der Waals surface area (Å²) in [6, 6.07) is 6.59. The van der Waals surface area contributed by atoms with Gasteiger partial charge in [0.05, 0.1) is 13.2 Å². The Morgan fingerprint density at radius 1 is 1.38 bits per heavy atom. The number of likely N-dealkylation sites (tertiary alicyclic amines) is 1. The zero-order valence-corrected chi connectivity index (χ0v) is 15.1. The number of nitrogens with zero attached hydrogens (tertiary/aromatic N) is 2. The monoisotopic (exact) mass is 363 g/mol. The number of carbonyl (C=O) groups excluding carboxylic acids is 2. The van der Waals surface area contributed by atoms with Crippen LogP contribution in [-0.2, 0) is 16.1 Å². The Morgan fingerprint density at radius 2 is 2.15 bits per heavy atom. The molecule has 1 saturated heterocycles. The first-order valence-corrected chi connectivity index (χ1v) is 9.13. The van der Waals surface area contributed by atoms with Crippen LogP contribution in [0.1, 0.15) is 24.8 Å². The number of benzene rings is 1. The smallest absolute Gasteiger partial charge is 0.317 e. The Kier molecular flexibility index (Phi) is 6.08. The molecule has 1 saturated carbocycles. The minimum atomic E-state index is -0.329. The molecule has 6 nitrogen and oxygen atoms in total. The van der Waals surface area contributed by atoms with Gasteiger partial charge in [-0.15, -0.1) is 0 Å². The van der Waals surface area contributed by atoms with Gasteiger partial charge in [-0.1, -0.05) is 18.2 Å². The average molecular weight is 363 g/mol. The quantitative estimate of drug-likeness (QED) is 0.768. The third-order valence-corrected chi connectivity index (χ3v) is 4.94. The molecule has 1 aromatic rings. The van der Waals surface area contributed by atoms with Crippen molar-refractivity contribution < 1.29 is 18.7 Å². The van der Waals surface area contributed by atoms with Gasteiger partial charge in [-0.2, -0.15) is 0 Å². The second-order valence-corrected chi connectivity index (χ2v) is 7.04. The number of hydrogen-bond acceptors (Lipinski definition) is 3. The highest BCUT2D eigenvalue weighted by atomic mass is 19.1. The van der Waals surface area contributed by atoms with Gasteiger partial charge in [0, 0.05) is 50.7 Å². The number of methoxy groups -OCH3 is 1. The largest absolute Gasteiger partial charge is 0.383 e. The number of urea groups is 1. The van der Waals surface area contributed by atoms with Crippen LogP contribution in [0.2, 0.25) is 0 Å². The molecule has 1 aliphatic carbocycles. The SMILES string of the molecule is COCCN(Cc1ccccc1F)C(=O)NCC1CC(=O)N(C2CC2)C1. The summed E-state index contributed by atoms with van der Waals surface area (Å²) >= 11 is 0. The van der Waals surface area contributed by atoms with Gasteiger partial charge < -0.3 is 19.9 Å². The van der Waals surface area contributed by atoms with E-state index in [9.17, 15) is 14.0 Å². The van der Waals surface area contributed by atoms with E-state index in [0.29, 0.717) is 37.7 Å². The molecule has 1 unspecified atom stereocenters. The summed E-state index contributed by atoms with van der Waals surface area (Å²) in [5.41, 5.74) is 0.467. The highest BCUT2D eigenvalue weighted by Gasteiger charge is 2.39. The summed E-state index contributed by atoms with van der Waals surface area (Å²) in [6.07, 6.45) is 2.68. The van der Waals surface area contributed by atoms with Gasteiger partial charge in [-0.25, -0.2) is 9.18 Å². The van der Waals surface area contributed by atoms with Crippen molar-refractivity contribution in [3.63, 3.8) is 0 Å². The van der Waals surface area contributed by atoms with Gasteiger partial charge in [0.1, 0.15) is 5.82 Å². The minimum absolute atomic E-state index is 0.143. The van der Waals surface area contributed by atoms with Crippen molar-refractivity contribution in [1.29, 1.82) is 0 Å². The van der Waals surface area contributed by atoms with Crippen LogP contribution in [0.5, 0.6) is 0 Å². The van der Waals surface area contributed by atoms with Gasteiger partial charge >= 0.3 is 6.03 Å². The third-order valence-electron chi connectivity index (χ3n) is 4.94. The van der Waals surface area contributed by atoms with Gasteiger partial charge in [-0.3, -0.25) is 4.79 Å². The fourth-order valence-electron chi connectivity index (χ4n) is 3.31. The van der Waals surface area contributed by atoms with Crippen LogP contribution in [0.25, 0.3) is 0 Å². The Labute approximate surface area is 153 Å². The van der Waals surface area contributed by atoms with Crippen molar-refractivity contribution in [2.45, 2.75) is 31.8 Å². The molecule has 3 amide bonds. The lowest BCUT2D eigenvalue weighted by Gasteiger charge is -2.24. The molecule has 1 atom stereocenters. The number of carbonyl (C=O) groups is 2. The number of halogens is 1. The third kappa shape index (κ3) is 4.72. The Balaban J connectivity index is 1.53. The molecule has 142 valence electrons. The normalized spacial score (nSPS) is 19.7. The van der Waals surface area contributed by atoms with E-state index in [1.807, 2.05) is 4.90 Å². The summed E-state index contributed by atoms with van der Waals surface area (Å²) in [5.74, 6) is 0.00307. The van der Waals surface area contributed by atoms with E-state index in [-0.39, 0.29) is 30.2 Å². The molecule has 2 fully saturated rings. The van der Waals surface area contributed by atoms with Crippen molar-refractivity contribution in [1.82, 2.24) is 15.1 Å². The van der Waals surface area contributed by atoms with Crippen LogP contribution < -0.4 is 5.32 Å². The molecular formula is C19H26FN3O3. The van der Waals surface area contributed by atoms with Crippen LogP contribution in [-0.4, -0.2) is 61.1 Å². The van der Waals surface area contributed by atoms with E-state index < -0.39 is 0 Å². The first kappa shape index (κ1) is 18.6. The molecule has 0 radical (unpaired) electrons. The van der Waals surface area contributed by atoms with Crippen molar-refractivity contribution in [3.05, 3.63) is 35.6 Å². The molecule has 1 N–H and O–H groups in total. The molecule has 1 aliphatic heterocycles. The number of amides is 3. The summed E-state index contributed by atoms with van der Waals surface area (Å²) in [4.78, 5) is 28.1. The molecular weight excluding hydrogens is 337 g/mol. The van der Waals surface area contributed by atoms with E-state index >= 15 is 0 Å². The van der Waals surface area contributed by atoms with Gasteiger partial charge in [0.2, 0.25) is 5.91 Å². The number of nitrogens with one attached hydrogen (secondary N) is 1. The molecule has 2 aliphatic rings. The zero-order valence-electron chi connectivity index (χ0n) is 15.1. The number of hydrogen-bond donors (Lipinski definition) is 1. The predicted molar refractivity (Wildman–Crippen MR) is 94.9 cm³/mol. The maximum absolute atomic E-state index is 13.9. The van der Waals surface area contributed by atoms with Crippen LogP contribution in [0, 0.1) is 11.7 Å². The number of ether oxygens (including phenoxy) is 1. The summed E-state index contributed by atoms with van der Waals surface area (Å²) < 4.78 is 19.0. The van der Waals surface area contributed by atoms with Crippen LogP contribution in [0.4, 0.5) is 9.18 Å². The Hall–Kier alpha value is -2.15. The number of rotatable bonds is 8. The first-order valence-electron chi connectivity index (χ1n) is 9.13. The lowest BCUT2D eigenvalue weighted by atomic mass is 10.1. The molecule has 1 aromatic carbocycles. The van der Waals surface area contributed by atoms with Crippen molar-refractivity contribution in [2.24, 2.45) is 5.92 Å². The van der Waals surface area contributed by atoms with E-state index in [4.69, 9.17) is 4.74 Å². The van der Waals surface area contributed by atoms with Crippen molar-refractivity contribution >= 4 is 11.9 Å². The zero-order chi connectivity index (χ0) is 18.5. The molecule has 26 heavy (non-hydrogen) atoms. The fraction of sp³-hybridized carbons (Fsp3) is 0.579. The van der Waals surface area contributed by atoms with Gasteiger partial charge in [0.15, 0.2) is 0 Å². The molecule has 3 rings (SSSR count). The lowest BCUT2D eigenvalue weighted by Crippen LogP contribution is -2.43. The van der Waals surface area contributed by atoms with E-state index in [2.05, 4.69) is 5.32 Å². The van der Waals surface area contributed by atoms with E-state index in [1.54, 1.807) is 25.3 Å². The highest BCUT2D eigenvalue weighted by molar-refractivity contribution is 5.79. The van der Waals surface area contributed by atoms with Crippen LogP contribution in [0.3, 0.4) is 0 Å². The minimum Gasteiger partial charge on any atom is -0.383 e. The molecule has 7 heteroatoms. The highest BCUT2D eigenvalue weighted by Crippen LogP contribution is 2.32. The van der Waals surface area contributed by atoms with Crippen LogP contribution >= 0.6 is 0 Å². The maximum atomic E-state index is 13.9. The summed E-state index contributed by atoms with van der Waals surface area (Å²) in [7, 11) is 1.57. The van der Waals surface area contributed by atoms with Crippen molar-refractivity contribution in [2.75, 3.05) is 33.4 Å². The molecule has 1 heterocycles. The van der Waals surface area contributed by atoms with Crippen molar-refractivity contribution in [3.8, 4) is 0 Å². The lowest BCUT2D eigenvalue weighted by molar-refractivity contribution is -0.128. The topological polar surface area (TPSA) is 61.9 Å². The van der Waals surface area contributed by atoms with Crippen LogP contribution in [0.15, 0.2) is 24.3 Å². The second kappa shape index (κ2) is 8.49. The van der Waals surface area contributed by atoms with Gasteiger partial charge in [-0.05, 0) is 18.9 Å². The predicted octanol–water partition coefficient (Wildman–Crippen LogP) is 1.99. The Morgan fingerprint density at radius 3 is 2.85 bits per heavy atom. The maximum Gasteiger partial charge on any atom is 0.317 e. The van der Waals surface area contributed by atoms with E-state index in [0.717, 1.165) is 19.4 Å². The van der Waals surface area contributed by atoms with E-state index in [1.165, 1.54) is 11.0 Å². The average Bonchev–Trinajstić information content (AvgIpc) is 3.40. The molecule has 0 bridgehead atoms.